The molecular formula is C30H31F2N5O2. The number of nitrogens with zero attached hydrogens (tertiary/aromatic N) is 3. The summed E-state index contributed by atoms with van der Waals surface area (Å²) in [5.41, 5.74) is 1.90. The van der Waals surface area contributed by atoms with Gasteiger partial charge in [-0.05, 0) is 67.5 Å². The maximum absolute atomic E-state index is 13.9. The van der Waals surface area contributed by atoms with Crippen molar-refractivity contribution >= 4 is 11.7 Å². The Balaban J connectivity index is 1.30. The Hall–Kier alpha value is -3.87. The van der Waals surface area contributed by atoms with Crippen LogP contribution in [0, 0.1) is 24.0 Å². The molecular weight excluding hydrogens is 500 g/mol. The van der Waals surface area contributed by atoms with E-state index in [4.69, 9.17) is 6.42 Å². The van der Waals surface area contributed by atoms with E-state index in [9.17, 15) is 18.7 Å². The van der Waals surface area contributed by atoms with Crippen LogP contribution < -0.4 is 15.5 Å². The number of aliphatic hydroxyl groups is 1. The van der Waals surface area contributed by atoms with E-state index in [-0.39, 0.29) is 24.2 Å². The average molecular weight is 532 g/mol. The van der Waals surface area contributed by atoms with Gasteiger partial charge in [0.25, 0.3) is 5.91 Å². The molecule has 0 radical (unpaired) electrons. The van der Waals surface area contributed by atoms with Crippen molar-refractivity contribution in [2.75, 3.05) is 24.5 Å². The van der Waals surface area contributed by atoms with Crippen LogP contribution in [0.5, 0.6) is 0 Å². The Morgan fingerprint density at radius 2 is 1.85 bits per heavy atom. The number of carbonyl (C=O) groups is 1. The van der Waals surface area contributed by atoms with Crippen LogP contribution in [0.1, 0.15) is 52.9 Å². The molecule has 9 heteroatoms. The molecule has 2 fully saturated rings. The van der Waals surface area contributed by atoms with E-state index in [1.165, 1.54) is 18.3 Å². The molecule has 7 nitrogen and oxygen atoms in total. The Morgan fingerprint density at radius 1 is 1.10 bits per heavy atom. The zero-order valence-electron chi connectivity index (χ0n) is 21.5. The van der Waals surface area contributed by atoms with Crippen molar-refractivity contribution in [2.24, 2.45) is 0 Å². The quantitative estimate of drug-likeness (QED) is 0.348. The predicted molar refractivity (Wildman–Crippen MR) is 144 cm³/mol. The Morgan fingerprint density at radius 3 is 2.49 bits per heavy atom. The fraction of sp³-hybridized carbons (Fsp3) is 0.367. The molecule has 2 atom stereocenters. The number of rotatable bonds is 10. The van der Waals surface area contributed by atoms with E-state index < -0.39 is 29.7 Å². The zero-order valence-corrected chi connectivity index (χ0v) is 21.5. The summed E-state index contributed by atoms with van der Waals surface area (Å²) < 4.78 is 27.8. The van der Waals surface area contributed by atoms with Gasteiger partial charge in [0.15, 0.2) is 0 Å². The second-order valence-corrected chi connectivity index (χ2v) is 10.3. The Labute approximate surface area is 226 Å². The summed E-state index contributed by atoms with van der Waals surface area (Å²) >= 11 is 0. The van der Waals surface area contributed by atoms with E-state index in [0.717, 1.165) is 56.0 Å². The highest BCUT2D eigenvalue weighted by molar-refractivity contribution is 5.92. The molecule has 2 aliphatic rings. The maximum Gasteiger partial charge on any atom is 0.271 e. The lowest BCUT2D eigenvalue weighted by Crippen LogP contribution is -2.50. The Kier molecular flexibility index (Phi) is 7.87. The number of aromatic nitrogens is 2. The van der Waals surface area contributed by atoms with Crippen molar-refractivity contribution in [3.8, 4) is 12.3 Å². The fourth-order valence-corrected chi connectivity index (χ4v) is 5.10. The van der Waals surface area contributed by atoms with E-state index in [1.54, 1.807) is 6.20 Å². The number of hydrogen-bond acceptors (Lipinski definition) is 6. The molecule has 1 saturated carbocycles. The molecule has 1 saturated heterocycles. The first-order chi connectivity index (χ1) is 18.8. The van der Waals surface area contributed by atoms with Crippen LogP contribution in [0.2, 0.25) is 0 Å². The highest BCUT2D eigenvalue weighted by Crippen LogP contribution is 2.45. The van der Waals surface area contributed by atoms with Crippen molar-refractivity contribution < 1.29 is 18.7 Å². The molecule has 0 spiro atoms. The summed E-state index contributed by atoms with van der Waals surface area (Å²) in [6.45, 7) is 1.95. The molecule has 1 aliphatic carbocycles. The molecule has 3 N–H and O–H groups in total. The van der Waals surface area contributed by atoms with Crippen molar-refractivity contribution in [1.82, 2.24) is 20.6 Å². The number of aliphatic hydroxyl groups excluding tert-OH is 1. The molecule has 3 aromatic rings. The fourth-order valence-electron chi connectivity index (χ4n) is 5.10. The zero-order chi connectivity index (χ0) is 27.4. The van der Waals surface area contributed by atoms with Gasteiger partial charge in [0.05, 0.1) is 24.5 Å². The molecule has 2 unspecified atom stereocenters. The number of hydrogen-bond donors (Lipinski definition) is 3. The van der Waals surface area contributed by atoms with Crippen LogP contribution in [0.3, 0.4) is 0 Å². The van der Waals surface area contributed by atoms with Gasteiger partial charge < -0.3 is 20.6 Å². The minimum absolute atomic E-state index is 0.0160. The van der Waals surface area contributed by atoms with Gasteiger partial charge in [-0.3, -0.25) is 4.79 Å². The Bertz CT molecular complexity index is 1340. The van der Waals surface area contributed by atoms with Crippen LogP contribution in [-0.2, 0) is 12.0 Å². The van der Waals surface area contributed by atoms with Crippen LogP contribution in [0.4, 0.5) is 14.6 Å². The number of anilines is 1. The number of halogens is 2. The van der Waals surface area contributed by atoms with Gasteiger partial charge in [-0.15, -0.1) is 6.42 Å². The second-order valence-electron chi connectivity index (χ2n) is 10.3. The van der Waals surface area contributed by atoms with E-state index in [1.807, 2.05) is 24.3 Å². The summed E-state index contributed by atoms with van der Waals surface area (Å²) in [7, 11) is 0. The third-order valence-electron chi connectivity index (χ3n) is 7.44. The summed E-state index contributed by atoms with van der Waals surface area (Å²) in [6, 6.07) is 10.0. The summed E-state index contributed by atoms with van der Waals surface area (Å²) in [5.74, 6) is 1.38. The molecule has 0 bridgehead atoms. The first-order valence-corrected chi connectivity index (χ1v) is 13.2. The lowest BCUT2D eigenvalue weighted by molar-refractivity contribution is 0.0817. The van der Waals surface area contributed by atoms with Gasteiger partial charge in [-0.25, -0.2) is 18.7 Å². The number of amides is 1. The number of terminal acetylenes is 1. The SMILES string of the molecule is C#Cc1cccc(C2(NCC(O)C(Cc3cc(F)cc(F)c3)NC(=O)c3cnc(N4CCCC4)cn3)CC2)c1. The predicted octanol–water partition coefficient (Wildman–Crippen LogP) is 3.32. The van der Waals surface area contributed by atoms with Crippen molar-refractivity contribution in [3.63, 3.8) is 0 Å². The maximum atomic E-state index is 13.9. The van der Waals surface area contributed by atoms with Crippen LogP contribution in [0.25, 0.3) is 0 Å². The smallest absolute Gasteiger partial charge is 0.271 e. The first kappa shape index (κ1) is 26.7. The molecule has 1 amide bonds. The minimum atomic E-state index is -1.06. The van der Waals surface area contributed by atoms with Gasteiger partial charge in [-0.2, -0.15) is 0 Å². The average Bonchev–Trinajstić information content (AvgIpc) is 3.53. The second kappa shape index (κ2) is 11.5. The molecule has 202 valence electrons. The standard InChI is InChI=1S/C30H31F2N5O2/c1-2-20-6-5-7-22(12-20)30(8-9-30)35-18-27(38)25(15-21-13-23(31)16-24(32)14-21)36-29(39)26-17-34-28(19-33-26)37-10-3-4-11-37/h1,5-7,12-14,16-17,19,25,27,35,38H,3-4,8-11,15,18H2,(H,36,39). The van der Waals surface area contributed by atoms with Gasteiger partial charge in [-0.1, -0.05) is 18.1 Å². The molecule has 2 aromatic carbocycles. The summed E-state index contributed by atoms with van der Waals surface area (Å²) in [5, 5.41) is 17.4. The third kappa shape index (κ3) is 6.41. The van der Waals surface area contributed by atoms with E-state index in [0.29, 0.717) is 11.4 Å². The van der Waals surface area contributed by atoms with Gasteiger partial charge in [0.2, 0.25) is 0 Å². The van der Waals surface area contributed by atoms with Crippen LogP contribution in [0.15, 0.2) is 54.9 Å². The highest BCUT2D eigenvalue weighted by Gasteiger charge is 2.44. The monoisotopic (exact) mass is 531 g/mol. The number of carbonyl (C=O) groups excluding carboxylic acids is 1. The molecule has 5 rings (SSSR count). The minimum Gasteiger partial charge on any atom is -0.390 e. The summed E-state index contributed by atoms with van der Waals surface area (Å²) in [6.07, 6.45) is 11.4. The van der Waals surface area contributed by atoms with Crippen molar-refractivity contribution in [2.45, 2.75) is 49.8 Å². The normalized spacial score (nSPS) is 17.3. The third-order valence-corrected chi connectivity index (χ3v) is 7.44. The highest BCUT2D eigenvalue weighted by atomic mass is 19.1. The van der Waals surface area contributed by atoms with Crippen molar-refractivity contribution in [3.05, 3.63) is 88.9 Å². The van der Waals surface area contributed by atoms with Gasteiger partial charge >= 0.3 is 0 Å². The van der Waals surface area contributed by atoms with Gasteiger partial charge in [0, 0.05) is 36.8 Å². The van der Waals surface area contributed by atoms with E-state index >= 15 is 0 Å². The molecule has 2 heterocycles. The first-order valence-electron chi connectivity index (χ1n) is 13.2. The van der Waals surface area contributed by atoms with Crippen LogP contribution >= 0.6 is 0 Å². The molecule has 1 aliphatic heterocycles. The largest absolute Gasteiger partial charge is 0.390 e. The van der Waals surface area contributed by atoms with Crippen molar-refractivity contribution in [1.29, 1.82) is 0 Å². The topological polar surface area (TPSA) is 90.4 Å². The lowest BCUT2D eigenvalue weighted by atomic mass is 9.98. The van der Waals surface area contributed by atoms with E-state index in [2.05, 4.69) is 31.4 Å². The molecule has 1 aromatic heterocycles. The summed E-state index contributed by atoms with van der Waals surface area (Å²) in [4.78, 5) is 23.9. The molecule has 39 heavy (non-hydrogen) atoms. The van der Waals surface area contributed by atoms with Gasteiger partial charge in [0.1, 0.15) is 23.1 Å². The number of nitrogens with one attached hydrogen (secondary N) is 2. The lowest BCUT2D eigenvalue weighted by Gasteiger charge is -2.27. The number of benzene rings is 2. The van der Waals surface area contributed by atoms with Crippen LogP contribution in [-0.4, -0.2) is 52.8 Å².